The van der Waals surface area contributed by atoms with E-state index >= 15 is 0 Å². The van der Waals surface area contributed by atoms with Crippen molar-refractivity contribution in [2.45, 2.75) is 32.6 Å². The second kappa shape index (κ2) is 5.84. The fourth-order valence-corrected chi connectivity index (χ4v) is 3.34. The molecule has 1 aromatic carbocycles. The van der Waals surface area contributed by atoms with E-state index in [9.17, 15) is 9.59 Å². The number of amides is 1. The lowest BCUT2D eigenvalue weighted by Gasteiger charge is -2.06. The first-order valence-electron chi connectivity index (χ1n) is 7.75. The lowest BCUT2D eigenvalue weighted by Crippen LogP contribution is -2.15. The second-order valence-corrected chi connectivity index (χ2v) is 6.11. The number of hydrogen-bond donors (Lipinski definition) is 1. The van der Waals surface area contributed by atoms with Crippen molar-refractivity contribution in [2.75, 3.05) is 5.32 Å². The highest BCUT2D eigenvalue weighted by Crippen LogP contribution is 2.51. The minimum atomic E-state index is 0.0158. The summed E-state index contributed by atoms with van der Waals surface area (Å²) in [5.41, 5.74) is 1.35. The number of ketones is 1. The number of Topliss-reactive ketones (excluding diaryl/α,β-unsaturated/α-hetero) is 1. The van der Waals surface area contributed by atoms with Crippen LogP contribution in [-0.2, 0) is 4.79 Å². The standard InChI is InChI=1S/C18H21NO2/c1-12(20)13-7-6-8-14(11-13)19-18(21)17-15-9-4-2-3-5-10-16(15)17/h4,6-9,11,15-17H,2-3,5,10H2,1H3,(H,19,21)/t15-,16-,17-/m1/s1. The molecule has 2 aliphatic carbocycles. The van der Waals surface area contributed by atoms with E-state index in [1.54, 1.807) is 12.1 Å². The number of hydrogen-bond acceptors (Lipinski definition) is 2. The van der Waals surface area contributed by atoms with Crippen molar-refractivity contribution in [3.8, 4) is 0 Å². The van der Waals surface area contributed by atoms with Gasteiger partial charge in [-0.15, -0.1) is 0 Å². The Labute approximate surface area is 125 Å². The van der Waals surface area contributed by atoms with Crippen LogP contribution in [0.4, 0.5) is 5.69 Å². The summed E-state index contributed by atoms with van der Waals surface area (Å²) in [5, 5.41) is 2.97. The highest BCUT2D eigenvalue weighted by Gasteiger charge is 2.52. The lowest BCUT2D eigenvalue weighted by atomic mass is 10.1. The Balaban J connectivity index is 1.67. The van der Waals surface area contributed by atoms with Crippen molar-refractivity contribution in [1.82, 2.24) is 0 Å². The van der Waals surface area contributed by atoms with Crippen molar-refractivity contribution in [2.24, 2.45) is 17.8 Å². The molecule has 1 fully saturated rings. The predicted octanol–water partition coefficient (Wildman–Crippen LogP) is 3.82. The van der Waals surface area contributed by atoms with Gasteiger partial charge in [0.2, 0.25) is 5.91 Å². The average molecular weight is 283 g/mol. The van der Waals surface area contributed by atoms with Crippen LogP contribution < -0.4 is 5.32 Å². The molecule has 3 nitrogen and oxygen atoms in total. The van der Waals surface area contributed by atoms with Gasteiger partial charge in [-0.3, -0.25) is 9.59 Å². The topological polar surface area (TPSA) is 46.2 Å². The molecule has 3 atom stereocenters. The number of carbonyl (C=O) groups excluding carboxylic acids is 2. The summed E-state index contributed by atoms with van der Waals surface area (Å²) in [6, 6.07) is 7.17. The van der Waals surface area contributed by atoms with Gasteiger partial charge in [0.25, 0.3) is 0 Å². The molecule has 0 heterocycles. The molecule has 1 amide bonds. The molecule has 21 heavy (non-hydrogen) atoms. The molecule has 0 aromatic heterocycles. The summed E-state index contributed by atoms with van der Waals surface area (Å²) in [6.45, 7) is 1.54. The number of anilines is 1. The maximum absolute atomic E-state index is 12.4. The van der Waals surface area contributed by atoms with E-state index < -0.39 is 0 Å². The molecule has 0 spiro atoms. The van der Waals surface area contributed by atoms with Crippen molar-refractivity contribution < 1.29 is 9.59 Å². The van der Waals surface area contributed by atoms with Crippen molar-refractivity contribution >= 4 is 17.4 Å². The first-order valence-corrected chi connectivity index (χ1v) is 7.75. The molecular weight excluding hydrogens is 262 g/mol. The Bertz CT molecular complexity index is 591. The van der Waals surface area contributed by atoms with Crippen LogP contribution in [0.2, 0.25) is 0 Å². The van der Waals surface area contributed by atoms with Gasteiger partial charge in [0.1, 0.15) is 0 Å². The van der Waals surface area contributed by atoms with Crippen LogP contribution in [0.25, 0.3) is 0 Å². The van der Waals surface area contributed by atoms with E-state index in [-0.39, 0.29) is 17.6 Å². The minimum absolute atomic E-state index is 0.0158. The summed E-state index contributed by atoms with van der Waals surface area (Å²) in [5.74, 6) is 1.15. The molecular formula is C18H21NO2. The fraction of sp³-hybridized carbons (Fsp3) is 0.444. The van der Waals surface area contributed by atoms with Gasteiger partial charge in [-0.1, -0.05) is 30.7 Å². The second-order valence-electron chi connectivity index (χ2n) is 6.11. The third-order valence-corrected chi connectivity index (χ3v) is 4.59. The third-order valence-electron chi connectivity index (χ3n) is 4.59. The zero-order valence-corrected chi connectivity index (χ0v) is 12.3. The number of benzene rings is 1. The highest BCUT2D eigenvalue weighted by molar-refractivity contribution is 5.98. The Morgan fingerprint density at radius 3 is 2.90 bits per heavy atom. The molecule has 0 bridgehead atoms. The Morgan fingerprint density at radius 1 is 1.24 bits per heavy atom. The number of allylic oxidation sites excluding steroid dienone is 2. The molecule has 0 radical (unpaired) electrons. The molecule has 1 N–H and O–H groups in total. The molecule has 1 aromatic rings. The van der Waals surface area contributed by atoms with Gasteiger partial charge in [0.15, 0.2) is 5.78 Å². The van der Waals surface area contributed by atoms with E-state index in [1.807, 2.05) is 12.1 Å². The van der Waals surface area contributed by atoms with Crippen LogP contribution in [-0.4, -0.2) is 11.7 Å². The van der Waals surface area contributed by atoms with Crippen LogP contribution in [0.5, 0.6) is 0 Å². The number of rotatable bonds is 3. The zero-order valence-electron chi connectivity index (χ0n) is 12.3. The first kappa shape index (κ1) is 14.1. The highest BCUT2D eigenvalue weighted by atomic mass is 16.2. The molecule has 1 saturated carbocycles. The molecule has 0 saturated heterocycles. The maximum atomic E-state index is 12.4. The van der Waals surface area contributed by atoms with Gasteiger partial charge < -0.3 is 5.32 Å². The van der Waals surface area contributed by atoms with E-state index in [1.165, 1.54) is 19.8 Å². The number of nitrogens with one attached hydrogen (secondary N) is 1. The van der Waals surface area contributed by atoms with E-state index in [4.69, 9.17) is 0 Å². The van der Waals surface area contributed by atoms with Crippen LogP contribution in [0.3, 0.4) is 0 Å². The molecule has 3 rings (SSSR count). The maximum Gasteiger partial charge on any atom is 0.228 e. The SMILES string of the molecule is CC(=O)c1cccc(NC(=O)[C@@H]2[C@@H]3C=CCCCC[C@H]32)c1. The molecule has 2 aliphatic rings. The number of fused-ring (bicyclic) bond motifs is 1. The normalized spacial score (nSPS) is 27.2. The quantitative estimate of drug-likeness (QED) is 0.677. The zero-order chi connectivity index (χ0) is 14.8. The fourth-order valence-electron chi connectivity index (χ4n) is 3.34. The van der Waals surface area contributed by atoms with E-state index in [0.29, 0.717) is 17.4 Å². The third kappa shape index (κ3) is 3.07. The molecule has 3 heteroatoms. The summed E-state index contributed by atoms with van der Waals surface area (Å²) in [4.78, 5) is 23.8. The summed E-state index contributed by atoms with van der Waals surface area (Å²) in [6.07, 6.45) is 9.18. The van der Waals surface area contributed by atoms with Gasteiger partial charge in [-0.05, 0) is 50.2 Å². The molecule has 0 aliphatic heterocycles. The van der Waals surface area contributed by atoms with E-state index in [0.717, 1.165) is 18.5 Å². The monoisotopic (exact) mass is 283 g/mol. The Hall–Kier alpha value is -1.90. The first-order chi connectivity index (χ1) is 10.2. The summed E-state index contributed by atoms with van der Waals surface area (Å²) < 4.78 is 0. The predicted molar refractivity (Wildman–Crippen MR) is 83.2 cm³/mol. The van der Waals surface area contributed by atoms with Crippen molar-refractivity contribution in [3.05, 3.63) is 42.0 Å². The van der Waals surface area contributed by atoms with Crippen LogP contribution >= 0.6 is 0 Å². The van der Waals surface area contributed by atoms with Gasteiger partial charge in [0, 0.05) is 17.2 Å². The van der Waals surface area contributed by atoms with Gasteiger partial charge in [0.05, 0.1) is 0 Å². The Morgan fingerprint density at radius 2 is 2.10 bits per heavy atom. The summed E-state index contributed by atoms with van der Waals surface area (Å²) >= 11 is 0. The van der Waals surface area contributed by atoms with Gasteiger partial charge >= 0.3 is 0 Å². The van der Waals surface area contributed by atoms with E-state index in [2.05, 4.69) is 17.5 Å². The number of carbonyl (C=O) groups is 2. The van der Waals surface area contributed by atoms with Crippen molar-refractivity contribution in [1.29, 1.82) is 0 Å². The van der Waals surface area contributed by atoms with Crippen LogP contribution in [0, 0.1) is 17.8 Å². The lowest BCUT2D eigenvalue weighted by molar-refractivity contribution is -0.117. The van der Waals surface area contributed by atoms with Gasteiger partial charge in [-0.2, -0.15) is 0 Å². The minimum Gasteiger partial charge on any atom is -0.326 e. The van der Waals surface area contributed by atoms with Gasteiger partial charge in [-0.25, -0.2) is 0 Å². The average Bonchev–Trinajstić information content (AvgIpc) is 3.10. The Kier molecular flexibility index (Phi) is 3.91. The molecule has 110 valence electrons. The van der Waals surface area contributed by atoms with Crippen LogP contribution in [0.15, 0.2) is 36.4 Å². The van der Waals surface area contributed by atoms with Crippen LogP contribution in [0.1, 0.15) is 43.0 Å². The smallest absolute Gasteiger partial charge is 0.228 e. The van der Waals surface area contributed by atoms with Crippen molar-refractivity contribution in [3.63, 3.8) is 0 Å². The molecule has 0 unspecified atom stereocenters. The summed E-state index contributed by atoms with van der Waals surface area (Å²) in [7, 11) is 0. The largest absolute Gasteiger partial charge is 0.326 e.